The molecule has 1 heterocycles. The van der Waals surface area contributed by atoms with Crippen molar-refractivity contribution in [3.63, 3.8) is 0 Å². The van der Waals surface area contributed by atoms with E-state index in [1.807, 2.05) is 23.6 Å². The molecule has 0 bridgehead atoms. The summed E-state index contributed by atoms with van der Waals surface area (Å²) >= 11 is 1.57. The molecule has 0 unspecified atom stereocenters. The van der Waals surface area contributed by atoms with Crippen molar-refractivity contribution in [1.82, 2.24) is 5.32 Å². The number of carbonyl (C=O) groups is 1. The van der Waals surface area contributed by atoms with Crippen molar-refractivity contribution in [1.29, 1.82) is 0 Å². The Kier molecular flexibility index (Phi) is 4.47. The maximum Gasteiger partial charge on any atom is 0.225 e. The van der Waals surface area contributed by atoms with E-state index in [0.29, 0.717) is 19.4 Å². The molecule has 0 spiro atoms. The average Bonchev–Trinajstić information content (AvgIpc) is 2.82. The molecule has 0 atom stereocenters. The summed E-state index contributed by atoms with van der Waals surface area (Å²) in [7, 11) is 0. The summed E-state index contributed by atoms with van der Waals surface area (Å²) in [5, 5.41) is 4.79. The summed E-state index contributed by atoms with van der Waals surface area (Å²) in [4.78, 5) is 12.6. The molecule has 2 rings (SSSR count). The second-order valence-electron chi connectivity index (χ2n) is 3.99. The van der Waals surface area contributed by atoms with E-state index in [1.54, 1.807) is 17.4 Å². The van der Waals surface area contributed by atoms with Crippen molar-refractivity contribution < 1.29 is 9.18 Å². The standard InChI is InChI=1S/C14H14FNOS/c15-12-4-1-3-11(9-12)6-7-16-14(17)10-13-5-2-8-18-13/h1-5,8-9H,6-7,10H2,(H,16,17). The van der Waals surface area contributed by atoms with Crippen molar-refractivity contribution >= 4 is 17.2 Å². The first-order valence-corrected chi connectivity index (χ1v) is 6.65. The molecule has 2 aromatic rings. The number of nitrogens with one attached hydrogen (secondary N) is 1. The van der Waals surface area contributed by atoms with E-state index in [9.17, 15) is 9.18 Å². The van der Waals surface area contributed by atoms with Gasteiger partial charge >= 0.3 is 0 Å². The Morgan fingerprint density at radius 2 is 2.17 bits per heavy atom. The normalized spacial score (nSPS) is 10.3. The molecule has 0 radical (unpaired) electrons. The van der Waals surface area contributed by atoms with E-state index >= 15 is 0 Å². The second-order valence-corrected chi connectivity index (χ2v) is 5.02. The van der Waals surface area contributed by atoms with E-state index in [-0.39, 0.29) is 11.7 Å². The molecule has 0 aliphatic heterocycles. The molecule has 1 aromatic carbocycles. The zero-order chi connectivity index (χ0) is 12.8. The van der Waals surface area contributed by atoms with E-state index in [4.69, 9.17) is 0 Å². The number of hydrogen-bond donors (Lipinski definition) is 1. The molecule has 0 aliphatic rings. The summed E-state index contributed by atoms with van der Waals surface area (Å²) in [5.41, 5.74) is 0.895. The summed E-state index contributed by atoms with van der Waals surface area (Å²) in [5.74, 6) is -0.230. The van der Waals surface area contributed by atoms with Gasteiger partial charge in [0, 0.05) is 11.4 Å². The van der Waals surface area contributed by atoms with E-state index in [1.165, 1.54) is 12.1 Å². The van der Waals surface area contributed by atoms with Crippen LogP contribution in [0.2, 0.25) is 0 Å². The maximum absolute atomic E-state index is 12.9. The number of rotatable bonds is 5. The SMILES string of the molecule is O=C(Cc1cccs1)NCCc1cccc(F)c1. The van der Waals surface area contributed by atoms with Crippen LogP contribution in [0.5, 0.6) is 0 Å². The van der Waals surface area contributed by atoms with Crippen LogP contribution in [0.25, 0.3) is 0 Å². The van der Waals surface area contributed by atoms with Crippen LogP contribution in [-0.4, -0.2) is 12.5 Å². The third-order valence-corrected chi connectivity index (χ3v) is 3.42. The highest BCUT2D eigenvalue weighted by Crippen LogP contribution is 2.08. The van der Waals surface area contributed by atoms with Gasteiger partial charge in [-0.25, -0.2) is 4.39 Å². The van der Waals surface area contributed by atoms with Crippen LogP contribution in [0.1, 0.15) is 10.4 Å². The van der Waals surface area contributed by atoms with Crippen molar-refractivity contribution in [2.75, 3.05) is 6.54 Å². The van der Waals surface area contributed by atoms with Gasteiger partial charge in [0.1, 0.15) is 5.82 Å². The lowest BCUT2D eigenvalue weighted by Gasteiger charge is -2.04. The number of benzene rings is 1. The van der Waals surface area contributed by atoms with Crippen LogP contribution in [0, 0.1) is 5.82 Å². The predicted molar refractivity (Wildman–Crippen MR) is 71.1 cm³/mol. The topological polar surface area (TPSA) is 29.1 Å². The fraction of sp³-hybridized carbons (Fsp3) is 0.214. The van der Waals surface area contributed by atoms with Crippen LogP contribution in [0.3, 0.4) is 0 Å². The smallest absolute Gasteiger partial charge is 0.225 e. The van der Waals surface area contributed by atoms with E-state index in [2.05, 4.69) is 5.32 Å². The van der Waals surface area contributed by atoms with Crippen LogP contribution in [0.15, 0.2) is 41.8 Å². The second kappa shape index (κ2) is 6.31. The maximum atomic E-state index is 12.9. The molecule has 0 aliphatic carbocycles. The lowest BCUT2D eigenvalue weighted by atomic mass is 10.1. The van der Waals surface area contributed by atoms with Crippen molar-refractivity contribution in [2.45, 2.75) is 12.8 Å². The molecule has 0 fully saturated rings. The molecule has 0 saturated heterocycles. The van der Waals surface area contributed by atoms with Gasteiger partial charge < -0.3 is 5.32 Å². The average molecular weight is 263 g/mol. The number of carbonyl (C=O) groups excluding carboxylic acids is 1. The molecular formula is C14H14FNOS. The highest BCUT2D eigenvalue weighted by atomic mass is 32.1. The molecule has 0 saturated carbocycles. The highest BCUT2D eigenvalue weighted by Gasteiger charge is 2.03. The first-order valence-electron chi connectivity index (χ1n) is 5.77. The lowest BCUT2D eigenvalue weighted by Crippen LogP contribution is -2.26. The number of halogens is 1. The monoisotopic (exact) mass is 263 g/mol. The van der Waals surface area contributed by atoms with E-state index in [0.717, 1.165) is 10.4 Å². The van der Waals surface area contributed by atoms with Crippen molar-refractivity contribution in [3.05, 3.63) is 58.0 Å². The van der Waals surface area contributed by atoms with Gasteiger partial charge in [0.25, 0.3) is 0 Å². The first-order chi connectivity index (χ1) is 8.74. The van der Waals surface area contributed by atoms with Crippen LogP contribution in [0.4, 0.5) is 4.39 Å². The molecule has 94 valence electrons. The van der Waals surface area contributed by atoms with Gasteiger partial charge in [-0.05, 0) is 35.6 Å². The van der Waals surface area contributed by atoms with Gasteiger partial charge in [-0.2, -0.15) is 0 Å². The summed E-state index contributed by atoms with van der Waals surface area (Å²) in [6, 6.07) is 10.3. The molecule has 2 nitrogen and oxygen atoms in total. The van der Waals surface area contributed by atoms with Crippen LogP contribution in [-0.2, 0) is 17.6 Å². The fourth-order valence-electron chi connectivity index (χ4n) is 1.67. The van der Waals surface area contributed by atoms with Gasteiger partial charge in [-0.15, -0.1) is 11.3 Å². The Labute approximate surface area is 109 Å². The molecule has 18 heavy (non-hydrogen) atoms. The van der Waals surface area contributed by atoms with Gasteiger partial charge in [0.2, 0.25) is 5.91 Å². The summed E-state index contributed by atoms with van der Waals surface area (Å²) < 4.78 is 12.9. The van der Waals surface area contributed by atoms with Gasteiger partial charge in [0.05, 0.1) is 6.42 Å². The minimum absolute atomic E-state index is 0.00820. The van der Waals surface area contributed by atoms with E-state index < -0.39 is 0 Å². The third-order valence-electron chi connectivity index (χ3n) is 2.54. The van der Waals surface area contributed by atoms with Gasteiger partial charge in [0.15, 0.2) is 0 Å². The molecule has 1 amide bonds. The quantitative estimate of drug-likeness (QED) is 0.883. The minimum Gasteiger partial charge on any atom is -0.355 e. The van der Waals surface area contributed by atoms with Gasteiger partial charge in [-0.1, -0.05) is 18.2 Å². The number of thiophene rings is 1. The molecule has 4 heteroatoms. The zero-order valence-electron chi connectivity index (χ0n) is 9.86. The predicted octanol–water partition coefficient (Wildman–Crippen LogP) is 2.79. The van der Waals surface area contributed by atoms with Crippen LogP contribution >= 0.6 is 11.3 Å². The fourth-order valence-corrected chi connectivity index (χ4v) is 2.38. The van der Waals surface area contributed by atoms with Crippen LogP contribution < -0.4 is 5.32 Å². The Morgan fingerprint density at radius 1 is 1.28 bits per heavy atom. The summed E-state index contributed by atoms with van der Waals surface area (Å²) in [6.07, 6.45) is 1.06. The molecular weight excluding hydrogens is 249 g/mol. The lowest BCUT2D eigenvalue weighted by molar-refractivity contribution is -0.120. The number of hydrogen-bond acceptors (Lipinski definition) is 2. The Bertz CT molecular complexity index is 510. The molecule has 1 aromatic heterocycles. The zero-order valence-corrected chi connectivity index (χ0v) is 10.7. The molecule has 1 N–H and O–H groups in total. The number of amides is 1. The van der Waals surface area contributed by atoms with Gasteiger partial charge in [-0.3, -0.25) is 4.79 Å². The largest absolute Gasteiger partial charge is 0.355 e. The Balaban J connectivity index is 1.73. The van der Waals surface area contributed by atoms with Crippen molar-refractivity contribution in [2.24, 2.45) is 0 Å². The Hall–Kier alpha value is -1.68. The third kappa shape index (κ3) is 3.96. The Morgan fingerprint density at radius 3 is 2.89 bits per heavy atom. The minimum atomic E-state index is -0.239. The summed E-state index contributed by atoms with van der Waals surface area (Å²) in [6.45, 7) is 0.535. The highest BCUT2D eigenvalue weighted by molar-refractivity contribution is 7.10. The first kappa shape index (κ1) is 12.8. The van der Waals surface area contributed by atoms with Crippen molar-refractivity contribution in [3.8, 4) is 0 Å².